The van der Waals surface area contributed by atoms with Gasteiger partial charge in [0, 0.05) is 13.1 Å². The molecule has 0 aliphatic carbocycles. The molecule has 0 bridgehead atoms. The number of ether oxygens (including phenoxy) is 1. The molecular weight excluding hydrogens is 401 g/mol. The number of methoxy groups -OCH3 is 1. The van der Waals surface area contributed by atoms with Crippen LogP contribution in [0, 0.1) is 5.82 Å². The summed E-state index contributed by atoms with van der Waals surface area (Å²) in [4.78, 5) is 41.2. The first kappa shape index (κ1) is 22.3. The molecule has 1 aliphatic rings. The molecular formula is C23H26FN3O4. The molecule has 1 saturated heterocycles. The van der Waals surface area contributed by atoms with Crippen molar-refractivity contribution in [2.45, 2.75) is 32.4 Å². The molecule has 164 valence electrons. The van der Waals surface area contributed by atoms with Crippen LogP contribution < -0.4 is 10.1 Å². The van der Waals surface area contributed by atoms with Gasteiger partial charge in [0.25, 0.3) is 5.91 Å². The van der Waals surface area contributed by atoms with Gasteiger partial charge in [-0.1, -0.05) is 31.2 Å². The van der Waals surface area contributed by atoms with Crippen LogP contribution in [0.4, 0.5) is 9.18 Å². The second-order valence-electron chi connectivity index (χ2n) is 7.35. The fraction of sp³-hybridized carbons (Fsp3) is 0.348. The normalized spacial score (nSPS) is 18.1. The van der Waals surface area contributed by atoms with E-state index in [9.17, 15) is 18.8 Å². The van der Waals surface area contributed by atoms with Crippen molar-refractivity contribution in [3.63, 3.8) is 0 Å². The topological polar surface area (TPSA) is 79.0 Å². The third-order valence-electron chi connectivity index (χ3n) is 5.58. The fourth-order valence-corrected chi connectivity index (χ4v) is 3.75. The van der Waals surface area contributed by atoms with Gasteiger partial charge in [-0.05, 0) is 48.7 Å². The zero-order chi connectivity index (χ0) is 22.6. The number of halogens is 1. The number of hydrogen-bond acceptors (Lipinski definition) is 4. The molecule has 8 heteroatoms. The maximum atomic E-state index is 13.5. The van der Waals surface area contributed by atoms with Gasteiger partial charge in [0.1, 0.15) is 23.7 Å². The summed E-state index contributed by atoms with van der Waals surface area (Å²) in [5, 5.41) is 2.77. The second kappa shape index (κ2) is 9.16. The molecule has 2 aromatic carbocycles. The lowest BCUT2D eigenvalue weighted by atomic mass is 9.87. The number of imide groups is 1. The number of nitrogens with zero attached hydrogens (tertiary/aromatic N) is 2. The van der Waals surface area contributed by atoms with E-state index in [1.165, 1.54) is 17.0 Å². The first-order chi connectivity index (χ1) is 14.8. The zero-order valence-electron chi connectivity index (χ0n) is 17.9. The minimum atomic E-state index is -1.23. The van der Waals surface area contributed by atoms with Crippen molar-refractivity contribution in [2.24, 2.45) is 0 Å². The van der Waals surface area contributed by atoms with E-state index >= 15 is 0 Å². The maximum absolute atomic E-state index is 13.5. The van der Waals surface area contributed by atoms with Crippen molar-refractivity contribution in [3.8, 4) is 5.75 Å². The average molecular weight is 427 g/mol. The van der Waals surface area contributed by atoms with Crippen molar-refractivity contribution >= 4 is 17.8 Å². The van der Waals surface area contributed by atoms with Crippen LogP contribution in [-0.4, -0.2) is 47.8 Å². The summed E-state index contributed by atoms with van der Waals surface area (Å²) in [6.07, 6.45) is 0.329. The number of hydrogen-bond donors (Lipinski definition) is 1. The summed E-state index contributed by atoms with van der Waals surface area (Å²) >= 11 is 0. The lowest BCUT2D eigenvalue weighted by Gasteiger charge is -2.27. The van der Waals surface area contributed by atoms with Crippen LogP contribution in [0.25, 0.3) is 0 Å². The molecule has 0 radical (unpaired) electrons. The van der Waals surface area contributed by atoms with Crippen LogP contribution in [-0.2, 0) is 21.7 Å². The van der Waals surface area contributed by atoms with Gasteiger partial charge < -0.3 is 15.0 Å². The summed E-state index contributed by atoms with van der Waals surface area (Å²) in [5.74, 6) is -0.616. The lowest BCUT2D eigenvalue weighted by molar-refractivity contribution is -0.139. The van der Waals surface area contributed by atoms with Gasteiger partial charge in [-0.25, -0.2) is 9.18 Å². The molecule has 1 unspecified atom stereocenters. The van der Waals surface area contributed by atoms with Crippen LogP contribution in [0.5, 0.6) is 5.75 Å². The van der Waals surface area contributed by atoms with Gasteiger partial charge in [0.2, 0.25) is 5.91 Å². The van der Waals surface area contributed by atoms with Crippen LogP contribution in [0.3, 0.4) is 0 Å². The largest absolute Gasteiger partial charge is 0.497 e. The summed E-state index contributed by atoms with van der Waals surface area (Å²) < 4.78 is 18.6. The Morgan fingerprint density at radius 2 is 1.87 bits per heavy atom. The number of rotatable bonds is 8. The zero-order valence-corrected chi connectivity index (χ0v) is 17.9. The summed E-state index contributed by atoms with van der Waals surface area (Å²) in [7, 11) is 1.55. The van der Waals surface area contributed by atoms with Gasteiger partial charge in [-0.15, -0.1) is 0 Å². The molecule has 1 N–H and O–H groups in total. The highest BCUT2D eigenvalue weighted by molar-refractivity contribution is 6.09. The van der Waals surface area contributed by atoms with Crippen LogP contribution in [0.2, 0.25) is 0 Å². The number of carbonyl (C=O) groups is 3. The van der Waals surface area contributed by atoms with Crippen LogP contribution in [0.1, 0.15) is 31.4 Å². The minimum absolute atomic E-state index is 0.189. The number of amides is 4. The van der Waals surface area contributed by atoms with E-state index < -0.39 is 23.4 Å². The Balaban J connectivity index is 1.78. The average Bonchev–Trinajstić information content (AvgIpc) is 3.02. The van der Waals surface area contributed by atoms with E-state index in [1.807, 2.05) is 0 Å². The molecule has 31 heavy (non-hydrogen) atoms. The highest BCUT2D eigenvalue weighted by Crippen LogP contribution is 2.33. The standard InChI is InChI=1S/C23H26FN3O4/c1-4-23(17-9-11-19(31-3)12-10-17)21(29)27(22(30)25-23)15-20(28)26(5-2)14-16-7-6-8-18(24)13-16/h6-13H,4-5,14-15H2,1-3H3,(H,25,30). The Labute approximate surface area is 180 Å². The molecule has 4 amide bonds. The van der Waals surface area contributed by atoms with Crippen molar-refractivity contribution in [2.75, 3.05) is 20.2 Å². The second-order valence-corrected chi connectivity index (χ2v) is 7.35. The van der Waals surface area contributed by atoms with Crippen LogP contribution in [0.15, 0.2) is 48.5 Å². The Hall–Kier alpha value is -3.42. The molecule has 3 rings (SSSR count). The third-order valence-corrected chi connectivity index (χ3v) is 5.58. The highest BCUT2D eigenvalue weighted by atomic mass is 19.1. The third kappa shape index (κ3) is 4.38. The molecule has 1 atom stereocenters. The molecule has 1 heterocycles. The molecule has 0 saturated carbocycles. The van der Waals surface area contributed by atoms with E-state index in [0.29, 0.717) is 29.8 Å². The predicted molar refractivity (Wildman–Crippen MR) is 113 cm³/mol. The molecule has 1 fully saturated rings. The van der Waals surface area contributed by atoms with Crippen molar-refractivity contribution in [3.05, 3.63) is 65.5 Å². The van der Waals surface area contributed by atoms with Gasteiger partial charge in [-0.3, -0.25) is 14.5 Å². The monoisotopic (exact) mass is 427 g/mol. The molecule has 0 aromatic heterocycles. The number of likely N-dealkylation sites (N-methyl/N-ethyl adjacent to an activating group) is 1. The Morgan fingerprint density at radius 1 is 1.16 bits per heavy atom. The fourth-order valence-electron chi connectivity index (χ4n) is 3.75. The minimum Gasteiger partial charge on any atom is -0.497 e. The predicted octanol–water partition coefficient (Wildman–Crippen LogP) is 3.04. The van der Waals surface area contributed by atoms with Crippen molar-refractivity contribution in [1.29, 1.82) is 0 Å². The van der Waals surface area contributed by atoms with Crippen molar-refractivity contribution < 1.29 is 23.5 Å². The Bertz CT molecular complexity index is 979. The summed E-state index contributed by atoms with van der Waals surface area (Å²) in [6, 6.07) is 12.3. The van der Waals surface area contributed by atoms with Gasteiger partial charge in [0.05, 0.1) is 7.11 Å². The SMILES string of the molecule is CCN(Cc1cccc(F)c1)C(=O)CN1C(=O)NC(CC)(c2ccc(OC)cc2)C1=O. The first-order valence-electron chi connectivity index (χ1n) is 10.2. The van der Waals surface area contributed by atoms with E-state index in [1.54, 1.807) is 57.4 Å². The Morgan fingerprint density at radius 3 is 2.45 bits per heavy atom. The molecule has 1 aliphatic heterocycles. The van der Waals surface area contributed by atoms with Gasteiger partial charge >= 0.3 is 6.03 Å². The first-order valence-corrected chi connectivity index (χ1v) is 10.2. The molecule has 0 spiro atoms. The van der Waals surface area contributed by atoms with E-state index in [-0.39, 0.29) is 18.9 Å². The molecule has 2 aromatic rings. The Kier molecular flexibility index (Phi) is 6.58. The number of nitrogens with one attached hydrogen (secondary N) is 1. The summed E-state index contributed by atoms with van der Waals surface area (Å²) in [5.41, 5.74) is 0.0215. The van der Waals surface area contributed by atoms with Gasteiger partial charge in [0.15, 0.2) is 0 Å². The number of carbonyl (C=O) groups excluding carboxylic acids is 3. The van der Waals surface area contributed by atoms with Crippen molar-refractivity contribution in [1.82, 2.24) is 15.1 Å². The summed E-state index contributed by atoms with van der Waals surface area (Å²) in [6.45, 7) is 3.75. The smallest absolute Gasteiger partial charge is 0.325 e. The lowest BCUT2D eigenvalue weighted by Crippen LogP contribution is -2.45. The highest BCUT2D eigenvalue weighted by Gasteiger charge is 2.51. The van der Waals surface area contributed by atoms with E-state index in [2.05, 4.69) is 5.32 Å². The van der Waals surface area contributed by atoms with E-state index in [0.717, 1.165) is 4.90 Å². The molecule has 7 nitrogen and oxygen atoms in total. The maximum Gasteiger partial charge on any atom is 0.325 e. The van der Waals surface area contributed by atoms with E-state index in [4.69, 9.17) is 4.74 Å². The van der Waals surface area contributed by atoms with Gasteiger partial charge in [-0.2, -0.15) is 0 Å². The van der Waals surface area contributed by atoms with Crippen LogP contribution >= 0.6 is 0 Å². The quantitative estimate of drug-likeness (QED) is 0.657. The number of urea groups is 1. The number of benzene rings is 2.